The third-order valence-corrected chi connectivity index (χ3v) is 2.41. The van der Waals surface area contributed by atoms with Crippen LogP contribution in [0.3, 0.4) is 0 Å². The molecule has 0 saturated carbocycles. The van der Waals surface area contributed by atoms with Crippen molar-refractivity contribution >= 4 is 15.9 Å². The van der Waals surface area contributed by atoms with Gasteiger partial charge in [0.2, 0.25) is 0 Å². The Morgan fingerprint density at radius 3 is 2.75 bits per heavy atom. The highest BCUT2D eigenvalue weighted by Crippen LogP contribution is 2.17. The molecule has 0 radical (unpaired) electrons. The van der Waals surface area contributed by atoms with Gasteiger partial charge in [0.25, 0.3) is 0 Å². The Kier molecular flexibility index (Phi) is 3.54. The van der Waals surface area contributed by atoms with Crippen LogP contribution in [0.25, 0.3) is 0 Å². The maximum Gasteiger partial charge on any atom is 0.0178 e. The number of rotatable bonds is 3. The van der Waals surface area contributed by atoms with E-state index in [0.29, 0.717) is 0 Å². The predicted octanol–water partition coefficient (Wildman–Crippen LogP) is 3.74. The molecule has 0 aromatic heterocycles. The molecule has 0 heterocycles. The molecule has 12 heavy (non-hydrogen) atoms. The second-order valence-corrected chi connectivity index (χ2v) is 3.68. The quantitative estimate of drug-likeness (QED) is 0.687. The molecule has 0 bridgehead atoms. The Morgan fingerprint density at radius 1 is 1.42 bits per heavy atom. The van der Waals surface area contributed by atoms with E-state index < -0.39 is 0 Å². The lowest BCUT2D eigenvalue weighted by atomic mass is 10.0. The zero-order chi connectivity index (χ0) is 8.97. The van der Waals surface area contributed by atoms with E-state index in [2.05, 4.69) is 47.6 Å². The molecule has 0 spiro atoms. The fourth-order valence-corrected chi connectivity index (χ4v) is 1.69. The van der Waals surface area contributed by atoms with E-state index in [9.17, 15) is 0 Å². The Labute approximate surface area is 82.4 Å². The van der Waals surface area contributed by atoms with Crippen LogP contribution >= 0.6 is 15.9 Å². The molecule has 0 atom stereocenters. The third-order valence-electron chi connectivity index (χ3n) is 1.91. The average molecular weight is 225 g/mol. The average Bonchev–Trinajstić information content (AvgIpc) is 2.08. The number of benzene rings is 1. The normalized spacial score (nSPS) is 9.83. The van der Waals surface area contributed by atoms with E-state index in [-0.39, 0.29) is 0 Å². The smallest absolute Gasteiger partial charge is 0.0178 e. The van der Waals surface area contributed by atoms with Crippen molar-refractivity contribution in [3.05, 3.63) is 46.5 Å². The van der Waals surface area contributed by atoms with Gasteiger partial charge in [-0.05, 0) is 36.1 Å². The van der Waals surface area contributed by atoms with Gasteiger partial charge in [-0.3, -0.25) is 0 Å². The molecular formula is C11H13Br. The molecular weight excluding hydrogens is 212 g/mol. The first kappa shape index (κ1) is 9.53. The summed E-state index contributed by atoms with van der Waals surface area (Å²) in [5, 5.41) is 0. The lowest BCUT2D eigenvalue weighted by molar-refractivity contribution is 1.08. The van der Waals surface area contributed by atoms with E-state index in [4.69, 9.17) is 0 Å². The SMILES string of the molecule is C=CCc1ccc(Br)cc1CC. The van der Waals surface area contributed by atoms with Gasteiger partial charge in [0.15, 0.2) is 0 Å². The molecule has 1 rings (SSSR count). The lowest BCUT2D eigenvalue weighted by Gasteiger charge is -2.05. The highest BCUT2D eigenvalue weighted by Gasteiger charge is 1.98. The highest BCUT2D eigenvalue weighted by atomic mass is 79.9. The molecule has 0 unspecified atom stereocenters. The van der Waals surface area contributed by atoms with Crippen LogP contribution in [0.2, 0.25) is 0 Å². The van der Waals surface area contributed by atoms with E-state index in [0.717, 1.165) is 17.3 Å². The Hall–Kier alpha value is -0.560. The first-order valence-electron chi connectivity index (χ1n) is 4.16. The van der Waals surface area contributed by atoms with Gasteiger partial charge in [0.05, 0.1) is 0 Å². The predicted molar refractivity (Wildman–Crippen MR) is 57.4 cm³/mol. The first-order valence-corrected chi connectivity index (χ1v) is 4.95. The van der Waals surface area contributed by atoms with Gasteiger partial charge < -0.3 is 0 Å². The zero-order valence-electron chi connectivity index (χ0n) is 7.31. The summed E-state index contributed by atoms with van der Waals surface area (Å²) in [5.74, 6) is 0. The number of hydrogen-bond acceptors (Lipinski definition) is 0. The first-order chi connectivity index (χ1) is 5.77. The second kappa shape index (κ2) is 4.46. The van der Waals surface area contributed by atoms with Crippen LogP contribution in [-0.2, 0) is 12.8 Å². The van der Waals surface area contributed by atoms with Crippen molar-refractivity contribution in [2.24, 2.45) is 0 Å². The summed E-state index contributed by atoms with van der Waals surface area (Å²) in [7, 11) is 0. The van der Waals surface area contributed by atoms with Crippen molar-refractivity contribution < 1.29 is 0 Å². The standard InChI is InChI=1S/C11H13Br/c1-3-5-10-6-7-11(12)8-9(10)4-2/h3,6-8H,1,4-5H2,2H3. The largest absolute Gasteiger partial charge is 0.103 e. The summed E-state index contributed by atoms with van der Waals surface area (Å²) in [4.78, 5) is 0. The van der Waals surface area contributed by atoms with Crippen LogP contribution in [0.15, 0.2) is 35.3 Å². The van der Waals surface area contributed by atoms with Crippen LogP contribution < -0.4 is 0 Å². The van der Waals surface area contributed by atoms with Crippen molar-refractivity contribution in [3.63, 3.8) is 0 Å². The minimum absolute atomic E-state index is 0.969. The molecule has 0 saturated heterocycles. The van der Waals surface area contributed by atoms with Gasteiger partial charge in [0.1, 0.15) is 0 Å². The highest BCUT2D eigenvalue weighted by molar-refractivity contribution is 9.10. The van der Waals surface area contributed by atoms with Gasteiger partial charge in [0, 0.05) is 4.47 Å². The topological polar surface area (TPSA) is 0 Å². The summed E-state index contributed by atoms with van der Waals surface area (Å²) in [6, 6.07) is 6.42. The fraction of sp³-hybridized carbons (Fsp3) is 0.273. The van der Waals surface area contributed by atoms with Crippen LogP contribution in [0.5, 0.6) is 0 Å². The number of hydrogen-bond donors (Lipinski definition) is 0. The van der Waals surface area contributed by atoms with Crippen molar-refractivity contribution in [1.82, 2.24) is 0 Å². The van der Waals surface area contributed by atoms with Gasteiger partial charge in [-0.2, -0.15) is 0 Å². The van der Waals surface area contributed by atoms with Crippen molar-refractivity contribution in [2.75, 3.05) is 0 Å². The van der Waals surface area contributed by atoms with Crippen LogP contribution in [0, 0.1) is 0 Å². The lowest BCUT2D eigenvalue weighted by Crippen LogP contribution is -1.90. The van der Waals surface area contributed by atoms with Gasteiger partial charge in [-0.15, -0.1) is 6.58 Å². The van der Waals surface area contributed by atoms with Crippen molar-refractivity contribution in [1.29, 1.82) is 0 Å². The number of aryl methyl sites for hydroxylation is 1. The maximum atomic E-state index is 3.74. The Bertz CT molecular complexity index is 276. The van der Waals surface area contributed by atoms with E-state index in [1.54, 1.807) is 0 Å². The number of allylic oxidation sites excluding steroid dienone is 1. The summed E-state index contributed by atoms with van der Waals surface area (Å²) < 4.78 is 1.16. The number of halogens is 1. The summed E-state index contributed by atoms with van der Waals surface area (Å²) in [6.07, 6.45) is 4.00. The molecule has 0 N–H and O–H groups in total. The maximum absolute atomic E-state index is 3.74. The van der Waals surface area contributed by atoms with E-state index in [1.807, 2.05) is 6.08 Å². The summed E-state index contributed by atoms with van der Waals surface area (Å²) in [6.45, 7) is 5.92. The van der Waals surface area contributed by atoms with Gasteiger partial charge in [-0.1, -0.05) is 35.0 Å². The van der Waals surface area contributed by atoms with Gasteiger partial charge in [-0.25, -0.2) is 0 Å². The fourth-order valence-electron chi connectivity index (χ4n) is 1.28. The molecule has 0 aliphatic heterocycles. The molecule has 0 nitrogen and oxygen atoms in total. The molecule has 64 valence electrons. The molecule has 0 amide bonds. The van der Waals surface area contributed by atoms with E-state index >= 15 is 0 Å². The Balaban J connectivity index is 3.01. The van der Waals surface area contributed by atoms with Gasteiger partial charge >= 0.3 is 0 Å². The molecule has 1 heteroatoms. The zero-order valence-corrected chi connectivity index (χ0v) is 8.89. The van der Waals surface area contributed by atoms with Crippen LogP contribution in [-0.4, -0.2) is 0 Å². The molecule has 1 aromatic rings. The van der Waals surface area contributed by atoms with Crippen LogP contribution in [0.1, 0.15) is 18.1 Å². The molecule has 0 aliphatic carbocycles. The van der Waals surface area contributed by atoms with E-state index in [1.165, 1.54) is 11.1 Å². The molecule has 1 aromatic carbocycles. The summed E-state index contributed by atoms with van der Waals surface area (Å²) in [5.41, 5.74) is 2.79. The Morgan fingerprint density at radius 2 is 2.17 bits per heavy atom. The second-order valence-electron chi connectivity index (χ2n) is 2.76. The minimum atomic E-state index is 0.969. The molecule has 0 aliphatic rings. The monoisotopic (exact) mass is 224 g/mol. The van der Waals surface area contributed by atoms with Crippen molar-refractivity contribution in [3.8, 4) is 0 Å². The minimum Gasteiger partial charge on any atom is -0.103 e. The van der Waals surface area contributed by atoms with Crippen LogP contribution in [0.4, 0.5) is 0 Å². The van der Waals surface area contributed by atoms with Crippen molar-refractivity contribution in [2.45, 2.75) is 19.8 Å². The third kappa shape index (κ3) is 2.21. The summed E-state index contributed by atoms with van der Waals surface area (Å²) >= 11 is 3.46. The molecule has 0 fully saturated rings.